The molecule has 1 rings (SSSR count). The Morgan fingerprint density at radius 3 is 3.00 bits per heavy atom. The molecule has 3 nitrogen and oxygen atoms in total. The molecular weight excluding hydrogens is 172 g/mol. The molecule has 0 atom stereocenters. The average molecular weight is 184 g/mol. The van der Waals surface area contributed by atoms with Gasteiger partial charge in [-0.15, -0.1) is 11.8 Å². The van der Waals surface area contributed by atoms with Crippen LogP contribution in [0.1, 0.15) is 19.0 Å². The van der Waals surface area contributed by atoms with E-state index in [9.17, 15) is 4.79 Å². The van der Waals surface area contributed by atoms with Crippen molar-refractivity contribution in [3.63, 3.8) is 0 Å². The van der Waals surface area contributed by atoms with Crippen LogP contribution in [0.3, 0.4) is 0 Å². The van der Waals surface area contributed by atoms with Crippen LogP contribution in [0, 0.1) is 0 Å². The SMILES string of the molecule is CCCc1cc(SC)nc(=O)[nH]1. The van der Waals surface area contributed by atoms with E-state index in [0.29, 0.717) is 0 Å². The Bertz CT molecular complexity index is 308. The molecule has 0 spiro atoms. The van der Waals surface area contributed by atoms with Crippen molar-refractivity contribution in [1.29, 1.82) is 0 Å². The minimum Gasteiger partial charge on any atom is -0.310 e. The van der Waals surface area contributed by atoms with Gasteiger partial charge < -0.3 is 4.98 Å². The van der Waals surface area contributed by atoms with Crippen molar-refractivity contribution in [3.05, 3.63) is 22.2 Å². The molecule has 4 heteroatoms. The molecule has 0 radical (unpaired) electrons. The lowest BCUT2D eigenvalue weighted by Gasteiger charge is -1.99. The zero-order valence-corrected chi connectivity index (χ0v) is 8.07. The highest BCUT2D eigenvalue weighted by molar-refractivity contribution is 7.98. The molecule has 0 unspecified atom stereocenters. The van der Waals surface area contributed by atoms with Gasteiger partial charge in [-0.05, 0) is 18.7 Å². The fourth-order valence-electron chi connectivity index (χ4n) is 0.991. The molecule has 0 aliphatic heterocycles. The van der Waals surface area contributed by atoms with Gasteiger partial charge >= 0.3 is 5.69 Å². The van der Waals surface area contributed by atoms with Crippen molar-refractivity contribution < 1.29 is 0 Å². The Hall–Kier alpha value is -0.770. The summed E-state index contributed by atoms with van der Waals surface area (Å²) in [6.07, 6.45) is 3.86. The van der Waals surface area contributed by atoms with Gasteiger partial charge in [-0.25, -0.2) is 4.79 Å². The summed E-state index contributed by atoms with van der Waals surface area (Å²) in [7, 11) is 0. The van der Waals surface area contributed by atoms with Crippen molar-refractivity contribution in [3.8, 4) is 0 Å². The summed E-state index contributed by atoms with van der Waals surface area (Å²) >= 11 is 1.49. The second-order valence-electron chi connectivity index (χ2n) is 2.50. The first kappa shape index (κ1) is 9.32. The monoisotopic (exact) mass is 184 g/mol. The fraction of sp³-hybridized carbons (Fsp3) is 0.500. The van der Waals surface area contributed by atoms with E-state index in [0.717, 1.165) is 23.6 Å². The lowest BCUT2D eigenvalue weighted by atomic mass is 10.2. The Kier molecular flexibility index (Phi) is 3.34. The summed E-state index contributed by atoms with van der Waals surface area (Å²) in [5.74, 6) is 0. The molecule has 0 saturated heterocycles. The van der Waals surface area contributed by atoms with Crippen LogP contribution in [-0.2, 0) is 6.42 Å². The molecule has 1 aromatic rings. The number of nitrogens with one attached hydrogen (secondary N) is 1. The minimum atomic E-state index is -0.245. The predicted octanol–water partition coefficient (Wildman–Crippen LogP) is 1.44. The van der Waals surface area contributed by atoms with Crippen LogP contribution in [0.5, 0.6) is 0 Å². The third kappa shape index (κ3) is 2.37. The summed E-state index contributed by atoms with van der Waals surface area (Å²) in [5, 5.41) is 0.794. The number of H-pyrrole nitrogens is 1. The van der Waals surface area contributed by atoms with Gasteiger partial charge in [0.25, 0.3) is 0 Å². The van der Waals surface area contributed by atoms with Crippen LogP contribution in [0.4, 0.5) is 0 Å². The molecule has 1 aromatic heterocycles. The number of aromatic amines is 1. The zero-order chi connectivity index (χ0) is 8.97. The summed E-state index contributed by atoms with van der Waals surface area (Å²) in [6.45, 7) is 2.08. The summed E-state index contributed by atoms with van der Waals surface area (Å²) in [6, 6.07) is 1.93. The standard InChI is InChI=1S/C8H12N2OS/c1-3-4-6-5-7(12-2)10-8(11)9-6/h5H,3-4H2,1-2H3,(H,9,10,11). The number of hydrogen-bond donors (Lipinski definition) is 1. The Balaban J connectivity index is 2.98. The van der Waals surface area contributed by atoms with Crippen molar-refractivity contribution >= 4 is 11.8 Å². The maximum atomic E-state index is 11.0. The van der Waals surface area contributed by atoms with Crippen molar-refractivity contribution in [2.45, 2.75) is 24.8 Å². The first-order valence-corrected chi connectivity index (χ1v) is 5.13. The van der Waals surface area contributed by atoms with Gasteiger partial charge in [0.1, 0.15) is 5.03 Å². The number of rotatable bonds is 3. The molecule has 0 aliphatic rings. The van der Waals surface area contributed by atoms with Crippen LogP contribution in [0.15, 0.2) is 15.9 Å². The number of aryl methyl sites for hydroxylation is 1. The first-order valence-electron chi connectivity index (χ1n) is 3.90. The van der Waals surface area contributed by atoms with E-state index in [-0.39, 0.29) is 5.69 Å². The van der Waals surface area contributed by atoms with Crippen LogP contribution in [0.25, 0.3) is 0 Å². The number of hydrogen-bond acceptors (Lipinski definition) is 3. The van der Waals surface area contributed by atoms with Crippen molar-refractivity contribution in [2.75, 3.05) is 6.26 Å². The van der Waals surface area contributed by atoms with Crippen LogP contribution >= 0.6 is 11.8 Å². The second kappa shape index (κ2) is 4.30. The summed E-state index contributed by atoms with van der Waals surface area (Å²) in [5.41, 5.74) is 0.729. The van der Waals surface area contributed by atoms with Gasteiger partial charge in [0, 0.05) is 5.69 Å². The lowest BCUT2D eigenvalue weighted by molar-refractivity contribution is 0.835. The first-order chi connectivity index (χ1) is 5.76. The molecule has 0 aliphatic carbocycles. The van der Waals surface area contributed by atoms with E-state index < -0.39 is 0 Å². The van der Waals surface area contributed by atoms with Crippen molar-refractivity contribution in [2.24, 2.45) is 0 Å². The third-order valence-corrected chi connectivity index (χ3v) is 2.13. The molecule has 0 amide bonds. The van der Waals surface area contributed by atoms with Gasteiger partial charge in [0.2, 0.25) is 0 Å². The number of thioether (sulfide) groups is 1. The molecule has 0 aromatic carbocycles. The second-order valence-corrected chi connectivity index (χ2v) is 3.33. The third-order valence-electron chi connectivity index (χ3n) is 1.51. The highest BCUT2D eigenvalue weighted by Crippen LogP contribution is 2.09. The molecular formula is C8H12N2OS. The minimum absolute atomic E-state index is 0.245. The molecule has 0 bridgehead atoms. The van der Waals surface area contributed by atoms with E-state index in [4.69, 9.17) is 0 Å². The summed E-state index contributed by atoms with van der Waals surface area (Å²) < 4.78 is 0. The Morgan fingerprint density at radius 2 is 2.42 bits per heavy atom. The molecule has 0 saturated carbocycles. The van der Waals surface area contributed by atoms with Crippen LogP contribution in [-0.4, -0.2) is 16.2 Å². The molecule has 1 heterocycles. The largest absolute Gasteiger partial charge is 0.346 e. The Labute approximate surface area is 75.6 Å². The number of aromatic nitrogens is 2. The van der Waals surface area contributed by atoms with E-state index in [1.165, 1.54) is 11.8 Å². The van der Waals surface area contributed by atoms with Gasteiger partial charge in [-0.2, -0.15) is 4.98 Å². The van der Waals surface area contributed by atoms with Crippen molar-refractivity contribution in [1.82, 2.24) is 9.97 Å². The van der Waals surface area contributed by atoms with E-state index in [1.807, 2.05) is 12.3 Å². The normalized spacial score (nSPS) is 10.2. The topological polar surface area (TPSA) is 45.8 Å². The average Bonchev–Trinajstić information content (AvgIpc) is 2.04. The van der Waals surface area contributed by atoms with Gasteiger partial charge in [-0.3, -0.25) is 0 Å². The maximum absolute atomic E-state index is 11.0. The maximum Gasteiger partial charge on any atom is 0.346 e. The highest BCUT2D eigenvalue weighted by atomic mass is 32.2. The fourth-order valence-corrected chi connectivity index (χ4v) is 1.43. The molecule has 66 valence electrons. The quantitative estimate of drug-likeness (QED) is 0.571. The highest BCUT2D eigenvalue weighted by Gasteiger charge is 1.97. The van der Waals surface area contributed by atoms with Gasteiger partial charge in [0.05, 0.1) is 0 Å². The molecule has 12 heavy (non-hydrogen) atoms. The van der Waals surface area contributed by atoms with E-state index in [2.05, 4.69) is 16.9 Å². The summed E-state index contributed by atoms with van der Waals surface area (Å²) in [4.78, 5) is 17.5. The van der Waals surface area contributed by atoms with Crippen LogP contribution < -0.4 is 5.69 Å². The number of nitrogens with zero attached hydrogens (tertiary/aromatic N) is 1. The molecule has 0 fully saturated rings. The zero-order valence-electron chi connectivity index (χ0n) is 7.26. The Morgan fingerprint density at radius 1 is 1.67 bits per heavy atom. The van der Waals surface area contributed by atoms with Crippen LogP contribution in [0.2, 0.25) is 0 Å². The molecule has 1 N–H and O–H groups in total. The lowest BCUT2D eigenvalue weighted by Crippen LogP contribution is -2.13. The van der Waals surface area contributed by atoms with E-state index >= 15 is 0 Å². The predicted molar refractivity (Wildman–Crippen MR) is 50.6 cm³/mol. The van der Waals surface area contributed by atoms with Gasteiger partial charge in [-0.1, -0.05) is 13.3 Å². The van der Waals surface area contributed by atoms with Gasteiger partial charge in [0.15, 0.2) is 0 Å². The van der Waals surface area contributed by atoms with E-state index in [1.54, 1.807) is 0 Å². The smallest absolute Gasteiger partial charge is 0.310 e.